The van der Waals surface area contributed by atoms with Crippen LogP contribution in [0.5, 0.6) is 0 Å². The Hall–Kier alpha value is -1.26. The highest BCUT2D eigenvalue weighted by atomic mass is 16.1. The zero-order chi connectivity index (χ0) is 14.8. The number of hydrogen-bond acceptors (Lipinski definition) is 2. The van der Waals surface area contributed by atoms with Crippen molar-refractivity contribution in [1.29, 1.82) is 0 Å². The summed E-state index contributed by atoms with van der Waals surface area (Å²) in [5.74, 6) is 2.18. The average Bonchev–Trinajstić information content (AvgIpc) is 2.90. The van der Waals surface area contributed by atoms with Gasteiger partial charge < -0.3 is 16.0 Å². The van der Waals surface area contributed by atoms with Gasteiger partial charge in [0, 0.05) is 33.1 Å². The summed E-state index contributed by atoms with van der Waals surface area (Å²) in [4.78, 5) is 15.9. The minimum absolute atomic E-state index is 0.184. The molecule has 0 radical (unpaired) electrons. The van der Waals surface area contributed by atoms with Crippen LogP contribution in [0.4, 0.5) is 0 Å². The number of carbonyl (C=O) groups excluding carboxylic acids is 1. The standard InChI is InChI=1S/C15H30N4O/c1-12(2)11-19-15(16-3)18-9-8-17-14(20)10-13-6-4-5-7-13/h12-13H,4-11H2,1-3H3,(H,17,20)(H2,16,18,19). The molecule has 1 amide bonds. The number of guanidine groups is 1. The van der Waals surface area contributed by atoms with E-state index in [1.54, 1.807) is 7.05 Å². The van der Waals surface area contributed by atoms with Crippen molar-refractivity contribution in [2.24, 2.45) is 16.8 Å². The van der Waals surface area contributed by atoms with Crippen molar-refractivity contribution in [1.82, 2.24) is 16.0 Å². The molecule has 0 spiro atoms. The quantitative estimate of drug-likeness (QED) is 0.377. The van der Waals surface area contributed by atoms with Gasteiger partial charge in [-0.25, -0.2) is 0 Å². The molecule has 3 N–H and O–H groups in total. The first-order valence-electron chi connectivity index (χ1n) is 7.83. The summed E-state index contributed by atoms with van der Waals surface area (Å²) < 4.78 is 0. The highest BCUT2D eigenvalue weighted by molar-refractivity contribution is 5.79. The van der Waals surface area contributed by atoms with E-state index in [1.165, 1.54) is 25.7 Å². The molecule has 0 aromatic heterocycles. The molecule has 0 aromatic carbocycles. The molecule has 1 aliphatic carbocycles. The Balaban J connectivity index is 2.06. The Morgan fingerprint density at radius 2 is 1.80 bits per heavy atom. The van der Waals surface area contributed by atoms with Crippen LogP contribution in [0, 0.1) is 11.8 Å². The van der Waals surface area contributed by atoms with Gasteiger partial charge in [-0.15, -0.1) is 0 Å². The van der Waals surface area contributed by atoms with E-state index < -0.39 is 0 Å². The number of aliphatic imine (C=N–C) groups is 1. The third kappa shape index (κ3) is 7.36. The molecule has 0 aromatic rings. The van der Waals surface area contributed by atoms with Gasteiger partial charge in [0.2, 0.25) is 5.91 Å². The van der Waals surface area contributed by atoms with E-state index in [0.29, 0.717) is 31.3 Å². The van der Waals surface area contributed by atoms with Gasteiger partial charge in [0.25, 0.3) is 0 Å². The zero-order valence-corrected chi connectivity index (χ0v) is 13.2. The van der Waals surface area contributed by atoms with Gasteiger partial charge in [-0.1, -0.05) is 26.7 Å². The lowest BCUT2D eigenvalue weighted by molar-refractivity contribution is -0.121. The molecule has 1 aliphatic rings. The molecule has 116 valence electrons. The van der Waals surface area contributed by atoms with Crippen molar-refractivity contribution >= 4 is 11.9 Å². The summed E-state index contributed by atoms with van der Waals surface area (Å²) in [5, 5.41) is 9.41. The largest absolute Gasteiger partial charge is 0.356 e. The normalized spacial score (nSPS) is 16.5. The molecule has 0 heterocycles. The second-order valence-corrected chi connectivity index (χ2v) is 5.98. The predicted molar refractivity (Wildman–Crippen MR) is 83.8 cm³/mol. The van der Waals surface area contributed by atoms with E-state index in [0.717, 1.165) is 12.5 Å². The molecule has 0 saturated heterocycles. The van der Waals surface area contributed by atoms with Crippen LogP contribution in [0.1, 0.15) is 46.0 Å². The van der Waals surface area contributed by atoms with Gasteiger partial charge in [-0.3, -0.25) is 9.79 Å². The first-order valence-corrected chi connectivity index (χ1v) is 7.83. The first-order chi connectivity index (χ1) is 9.61. The SMILES string of the molecule is CN=C(NCCNC(=O)CC1CCCC1)NCC(C)C. The minimum Gasteiger partial charge on any atom is -0.356 e. The lowest BCUT2D eigenvalue weighted by Crippen LogP contribution is -2.42. The van der Waals surface area contributed by atoms with Crippen LogP contribution >= 0.6 is 0 Å². The van der Waals surface area contributed by atoms with Crippen LogP contribution in [0.2, 0.25) is 0 Å². The molecule has 0 atom stereocenters. The predicted octanol–water partition coefficient (Wildman–Crippen LogP) is 1.50. The molecule has 0 aliphatic heterocycles. The van der Waals surface area contributed by atoms with Gasteiger partial charge in [0.15, 0.2) is 5.96 Å². The van der Waals surface area contributed by atoms with Crippen molar-refractivity contribution in [3.63, 3.8) is 0 Å². The van der Waals surface area contributed by atoms with E-state index in [-0.39, 0.29) is 5.91 Å². The summed E-state index contributed by atoms with van der Waals surface area (Å²) in [6, 6.07) is 0. The number of hydrogen-bond donors (Lipinski definition) is 3. The summed E-state index contributed by atoms with van der Waals surface area (Å²) in [6.45, 7) is 6.56. The molecule has 1 rings (SSSR count). The van der Waals surface area contributed by atoms with Gasteiger partial charge in [-0.05, 0) is 24.7 Å². The maximum Gasteiger partial charge on any atom is 0.220 e. The van der Waals surface area contributed by atoms with Gasteiger partial charge in [-0.2, -0.15) is 0 Å². The lowest BCUT2D eigenvalue weighted by atomic mass is 10.0. The van der Waals surface area contributed by atoms with Crippen LogP contribution < -0.4 is 16.0 Å². The summed E-state index contributed by atoms with van der Waals surface area (Å²) >= 11 is 0. The highest BCUT2D eigenvalue weighted by Gasteiger charge is 2.17. The fourth-order valence-electron chi connectivity index (χ4n) is 2.45. The molecule has 0 unspecified atom stereocenters. The Labute approximate surface area is 123 Å². The van der Waals surface area contributed by atoms with Crippen LogP contribution in [-0.2, 0) is 4.79 Å². The van der Waals surface area contributed by atoms with Crippen molar-refractivity contribution in [2.45, 2.75) is 46.0 Å². The third-order valence-corrected chi connectivity index (χ3v) is 3.59. The highest BCUT2D eigenvalue weighted by Crippen LogP contribution is 2.27. The van der Waals surface area contributed by atoms with Crippen molar-refractivity contribution in [2.75, 3.05) is 26.7 Å². The van der Waals surface area contributed by atoms with Gasteiger partial charge in [0.1, 0.15) is 0 Å². The maximum absolute atomic E-state index is 11.7. The summed E-state index contributed by atoms with van der Waals surface area (Å²) in [5.41, 5.74) is 0. The van der Waals surface area contributed by atoms with Gasteiger partial charge >= 0.3 is 0 Å². The molecule has 1 saturated carbocycles. The van der Waals surface area contributed by atoms with E-state index in [4.69, 9.17) is 0 Å². The fraction of sp³-hybridized carbons (Fsp3) is 0.867. The number of nitrogens with zero attached hydrogens (tertiary/aromatic N) is 1. The van der Waals surface area contributed by atoms with E-state index in [1.807, 2.05) is 0 Å². The summed E-state index contributed by atoms with van der Waals surface area (Å²) in [7, 11) is 1.76. The van der Waals surface area contributed by atoms with Crippen molar-refractivity contribution in [3.05, 3.63) is 0 Å². The topological polar surface area (TPSA) is 65.5 Å². The Morgan fingerprint density at radius 1 is 1.15 bits per heavy atom. The molecular weight excluding hydrogens is 252 g/mol. The zero-order valence-electron chi connectivity index (χ0n) is 13.2. The van der Waals surface area contributed by atoms with Crippen LogP contribution in [-0.4, -0.2) is 38.5 Å². The third-order valence-electron chi connectivity index (χ3n) is 3.59. The minimum atomic E-state index is 0.184. The molecule has 5 heteroatoms. The van der Waals surface area contributed by atoms with Gasteiger partial charge in [0.05, 0.1) is 0 Å². The maximum atomic E-state index is 11.7. The van der Waals surface area contributed by atoms with Crippen LogP contribution in [0.3, 0.4) is 0 Å². The van der Waals surface area contributed by atoms with E-state index >= 15 is 0 Å². The summed E-state index contributed by atoms with van der Waals surface area (Å²) in [6.07, 6.45) is 5.71. The Kier molecular flexibility index (Phi) is 8.07. The lowest BCUT2D eigenvalue weighted by Gasteiger charge is -2.14. The van der Waals surface area contributed by atoms with Crippen molar-refractivity contribution in [3.8, 4) is 0 Å². The molecule has 20 heavy (non-hydrogen) atoms. The second-order valence-electron chi connectivity index (χ2n) is 5.98. The molecular formula is C15H30N4O. The number of amides is 1. The first kappa shape index (κ1) is 16.8. The van der Waals surface area contributed by atoms with Crippen LogP contribution in [0.15, 0.2) is 4.99 Å². The smallest absolute Gasteiger partial charge is 0.220 e. The van der Waals surface area contributed by atoms with E-state index in [9.17, 15) is 4.79 Å². The molecule has 5 nitrogen and oxygen atoms in total. The Bertz CT molecular complexity index is 309. The average molecular weight is 282 g/mol. The number of rotatable bonds is 7. The van der Waals surface area contributed by atoms with Crippen LogP contribution in [0.25, 0.3) is 0 Å². The molecule has 0 bridgehead atoms. The fourth-order valence-corrected chi connectivity index (χ4v) is 2.45. The second kappa shape index (κ2) is 9.61. The monoisotopic (exact) mass is 282 g/mol. The number of nitrogens with one attached hydrogen (secondary N) is 3. The van der Waals surface area contributed by atoms with Crippen molar-refractivity contribution < 1.29 is 4.79 Å². The number of carbonyl (C=O) groups is 1. The van der Waals surface area contributed by atoms with E-state index in [2.05, 4.69) is 34.8 Å². The Morgan fingerprint density at radius 3 is 2.40 bits per heavy atom. The molecule has 1 fully saturated rings.